The summed E-state index contributed by atoms with van der Waals surface area (Å²) < 4.78 is 26.9. The van der Waals surface area contributed by atoms with Crippen molar-refractivity contribution in [2.45, 2.75) is 30.8 Å². The van der Waals surface area contributed by atoms with Crippen LogP contribution in [0, 0.1) is 20.8 Å². The molecule has 176 valence electrons. The van der Waals surface area contributed by atoms with Gasteiger partial charge < -0.3 is 9.13 Å². The Balaban J connectivity index is 1.54. The van der Waals surface area contributed by atoms with Gasteiger partial charge >= 0.3 is 0 Å². The third kappa shape index (κ3) is 4.56. The first kappa shape index (κ1) is 23.9. The van der Waals surface area contributed by atoms with Crippen molar-refractivity contribution in [1.29, 1.82) is 0 Å². The molecule has 34 heavy (non-hydrogen) atoms. The minimum Gasteiger partial charge on any atom is -0.318 e. The molecule has 2 aromatic carbocycles. The van der Waals surface area contributed by atoms with Crippen LogP contribution in [0.15, 0.2) is 64.6 Å². The first-order chi connectivity index (χ1) is 16.1. The number of thioether (sulfide) groups is 1. The van der Waals surface area contributed by atoms with Crippen LogP contribution < -0.4 is 5.14 Å². The quantitative estimate of drug-likeness (QED) is 0.308. The van der Waals surface area contributed by atoms with Gasteiger partial charge in [-0.15, -0.1) is 10.2 Å². The minimum absolute atomic E-state index is 0.0223. The van der Waals surface area contributed by atoms with E-state index in [1.165, 1.54) is 23.9 Å². The van der Waals surface area contributed by atoms with Crippen LogP contribution in [-0.4, -0.2) is 39.3 Å². The topological polar surface area (TPSA) is 113 Å². The number of hydrogen-bond donors (Lipinski definition) is 1. The molecule has 0 atom stereocenters. The summed E-state index contributed by atoms with van der Waals surface area (Å²) in [5.41, 5.74) is 5.13. The molecule has 8 nitrogen and oxygen atoms in total. The smallest absolute Gasteiger partial charge is 0.238 e. The molecule has 2 N–H and O–H groups in total. The van der Waals surface area contributed by atoms with Gasteiger partial charge in [0.25, 0.3) is 0 Å². The van der Waals surface area contributed by atoms with Crippen molar-refractivity contribution in [2.75, 3.05) is 5.75 Å². The van der Waals surface area contributed by atoms with Crippen LogP contribution in [0.3, 0.4) is 0 Å². The van der Waals surface area contributed by atoms with Gasteiger partial charge in [-0.3, -0.25) is 4.79 Å². The predicted octanol–water partition coefficient (Wildman–Crippen LogP) is 3.82. The van der Waals surface area contributed by atoms with Crippen LogP contribution in [0.25, 0.3) is 17.1 Å². The molecule has 0 saturated heterocycles. The Morgan fingerprint density at radius 1 is 1.03 bits per heavy atom. The minimum atomic E-state index is -3.77. The number of nitrogens with zero attached hydrogens (tertiary/aromatic N) is 4. The van der Waals surface area contributed by atoms with Crippen LogP contribution in [-0.2, 0) is 17.1 Å². The fourth-order valence-electron chi connectivity index (χ4n) is 3.93. The normalized spacial score (nSPS) is 11.7. The standard InChI is InChI=1S/C24H25N5O3S2/c1-15-7-5-6-8-20(15)23-26-27-24(28(23)4)33-14-22(30)21-13-16(2)29(17(21)3)18-9-11-19(12-10-18)34(25,31)32/h5-13H,14H2,1-4H3,(H2,25,31,32). The van der Waals surface area contributed by atoms with Crippen LogP contribution in [0.1, 0.15) is 27.3 Å². The van der Waals surface area contributed by atoms with Gasteiger partial charge in [-0.2, -0.15) is 0 Å². The van der Waals surface area contributed by atoms with E-state index >= 15 is 0 Å². The van der Waals surface area contributed by atoms with Gasteiger partial charge in [0, 0.05) is 35.2 Å². The molecule has 0 saturated carbocycles. The summed E-state index contributed by atoms with van der Waals surface area (Å²) >= 11 is 1.35. The van der Waals surface area contributed by atoms with Crippen molar-refractivity contribution in [3.05, 3.63) is 77.1 Å². The second-order valence-corrected chi connectivity index (χ2v) is 10.6. The molecule has 0 radical (unpaired) electrons. The third-order valence-electron chi connectivity index (χ3n) is 5.71. The summed E-state index contributed by atoms with van der Waals surface area (Å²) in [6.45, 7) is 5.80. The lowest BCUT2D eigenvalue weighted by molar-refractivity contribution is 0.102. The zero-order valence-corrected chi connectivity index (χ0v) is 20.9. The Bertz CT molecular complexity index is 1490. The molecule has 0 aliphatic heterocycles. The summed E-state index contributed by atoms with van der Waals surface area (Å²) in [7, 11) is -1.87. The van der Waals surface area contributed by atoms with Crippen LogP contribution in [0.5, 0.6) is 0 Å². The largest absolute Gasteiger partial charge is 0.318 e. The molecular formula is C24H25N5O3S2. The highest BCUT2D eigenvalue weighted by molar-refractivity contribution is 7.99. The number of primary sulfonamides is 1. The van der Waals surface area contributed by atoms with Crippen molar-refractivity contribution in [2.24, 2.45) is 12.2 Å². The summed E-state index contributed by atoms with van der Waals surface area (Å²) in [6, 6.07) is 16.1. The Morgan fingerprint density at radius 3 is 2.35 bits per heavy atom. The number of aryl methyl sites for hydroxylation is 2. The Labute approximate surface area is 202 Å². The first-order valence-electron chi connectivity index (χ1n) is 10.5. The number of sulfonamides is 1. The third-order valence-corrected chi connectivity index (χ3v) is 7.66. The maximum absolute atomic E-state index is 13.1. The van der Waals surface area contributed by atoms with Crippen molar-refractivity contribution >= 4 is 27.6 Å². The molecule has 10 heteroatoms. The predicted molar refractivity (Wildman–Crippen MR) is 133 cm³/mol. The number of benzene rings is 2. The fraction of sp³-hybridized carbons (Fsp3) is 0.208. The van der Waals surface area contributed by atoms with E-state index in [4.69, 9.17) is 5.14 Å². The summed E-state index contributed by atoms with van der Waals surface area (Å²) in [5.74, 6) is 0.953. The fourth-order valence-corrected chi connectivity index (χ4v) is 5.24. The number of nitrogens with two attached hydrogens (primary N) is 1. The van der Waals surface area contributed by atoms with E-state index in [1.54, 1.807) is 12.1 Å². The summed E-state index contributed by atoms with van der Waals surface area (Å²) in [4.78, 5) is 13.1. The lowest BCUT2D eigenvalue weighted by atomic mass is 10.1. The zero-order chi connectivity index (χ0) is 24.6. The number of rotatable bonds is 7. The second-order valence-electron chi connectivity index (χ2n) is 8.05. The zero-order valence-electron chi connectivity index (χ0n) is 19.3. The molecule has 4 rings (SSSR count). The van der Waals surface area contributed by atoms with Crippen LogP contribution in [0.4, 0.5) is 0 Å². The van der Waals surface area contributed by atoms with E-state index in [1.807, 2.05) is 67.3 Å². The Morgan fingerprint density at radius 2 is 1.71 bits per heavy atom. The van der Waals surface area contributed by atoms with Crippen molar-refractivity contribution in [3.63, 3.8) is 0 Å². The van der Waals surface area contributed by atoms with Gasteiger partial charge in [0.2, 0.25) is 10.0 Å². The molecule has 4 aromatic rings. The van der Waals surface area contributed by atoms with Crippen LogP contribution in [0.2, 0.25) is 0 Å². The van der Waals surface area contributed by atoms with E-state index in [0.29, 0.717) is 10.7 Å². The summed E-state index contributed by atoms with van der Waals surface area (Å²) in [6.07, 6.45) is 0. The van der Waals surface area contributed by atoms with E-state index in [-0.39, 0.29) is 16.4 Å². The van der Waals surface area contributed by atoms with Gasteiger partial charge in [0.1, 0.15) is 0 Å². The van der Waals surface area contributed by atoms with E-state index in [9.17, 15) is 13.2 Å². The van der Waals surface area contributed by atoms with Gasteiger partial charge in [0.05, 0.1) is 10.6 Å². The molecule has 0 bridgehead atoms. The van der Waals surface area contributed by atoms with E-state index < -0.39 is 10.0 Å². The first-order valence-corrected chi connectivity index (χ1v) is 13.0. The molecule has 0 unspecified atom stereocenters. The molecule has 0 fully saturated rings. The average Bonchev–Trinajstić information content (AvgIpc) is 3.30. The number of aromatic nitrogens is 4. The van der Waals surface area contributed by atoms with Gasteiger partial charge in [-0.05, 0) is 56.7 Å². The molecule has 0 aliphatic carbocycles. The molecule has 0 spiro atoms. The van der Waals surface area contributed by atoms with Crippen LogP contribution >= 0.6 is 11.8 Å². The molecule has 0 aliphatic rings. The monoisotopic (exact) mass is 495 g/mol. The van der Waals surface area contributed by atoms with E-state index in [0.717, 1.165) is 34.0 Å². The van der Waals surface area contributed by atoms with E-state index in [2.05, 4.69) is 10.2 Å². The molecule has 0 amide bonds. The lowest BCUT2D eigenvalue weighted by Gasteiger charge is -2.10. The van der Waals surface area contributed by atoms with Gasteiger partial charge in [-0.1, -0.05) is 36.0 Å². The highest BCUT2D eigenvalue weighted by Crippen LogP contribution is 2.27. The second kappa shape index (κ2) is 9.21. The maximum Gasteiger partial charge on any atom is 0.238 e. The summed E-state index contributed by atoms with van der Waals surface area (Å²) in [5, 5.41) is 14.5. The van der Waals surface area contributed by atoms with Crippen molar-refractivity contribution in [1.82, 2.24) is 19.3 Å². The molecule has 2 heterocycles. The SMILES string of the molecule is Cc1ccccc1-c1nnc(SCC(=O)c2cc(C)n(-c3ccc(S(N)(=O)=O)cc3)c2C)n1C. The Kier molecular flexibility index (Phi) is 6.48. The van der Waals surface area contributed by atoms with Crippen molar-refractivity contribution < 1.29 is 13.2 Å². The number of carbonyl (C=O) groups is 1. The van der Waals surface area contributed by atoms with Gasteiger partial charge in [0.15, 0.2) is 16.8 Å². The lowest BCUT2D eigenvalue weighted by Crippen LogP contribution is -2.12. The number of Topliss-reactive ketones (excluding diaryl/α,β-unsaturated/α-hetero) is 1. The average molecular weight is 496 g/mol. The number of carbonyl (C=O) groups excluding carboxylic acids is 1. The highest BCUT2D eigenvalue weighted by atomic mass is 32.2. The molecule has 2 aromatic heterocycles. The number of hydrogen-bond acceptors (Lipinski definition) is 6. The Hall–Kier alpha value is -3.21. The van der Waals surface area contributed by atoms with Gasteiger partial charge in [-0.25, -0.2) is 13.6 Å². The number of ketones is 1. The highest BCUT2D eigenvalue weighted by Gasteiger charge is 2.19. The maximum atomic E-state index is 13.1. The molecular weight excluding hydrogens is 470 g/mol. The van der Waals surface area contributed by atoms with Crippen molar-refractivity contribution in [3.8, 4) is 17.1 Å².